The summed E-state index contributed by atoms with van der Waals surface area (Å²) < 4.78 is 9.07. The third-order valence-corrected chi connectivity index (χ3v) is 0.955. The van der Waals surface area contributed by atoms with Crippen LogP contribution in [0.3, 0.4) is 0 Å². The minimum atomic E-state index is -0.568. The van der Waals surface area contributed by atoms with Gasteiger partial charge >= 0.3 is 5.97 Å². The Morgan fingerprint density at radius 2 is 1.91 bits per heavy atom. The Balaban J connectivity index is 4.16. The van der Waals surface area contributed by atoms with Gasteiger partial charge in [0.25, 0.3) is 0 Å². The van der Waals surface area contributed by atoms with Gasteiger partial charge in [-0.2, -0.15) is 0 Å². The van der Waals surface area contributed by atoms with Crippen LogP contribution in [0, 0.1) is 11.8 Å². The number of hydrogen-bond acceptors (Lipinski definition) is 3. The summed E-state index contributed by atoms with van der Waals surface area (Å²) in [5.41, 5.74) is 0. The van der Waals surface area contributed by atoms with Crippen LogP contribution < -0.4 is 0 Å². The Morgan fingerprint density at radius 1 is 1.27 bits per heavy atom. The van der Waals surface area contributed by atoms with Crippen LogP contribution in [0.1, 0.15) is 6.92 Å². The Hall–Kier alpha value is -1.43. The summed E-state index contributed by atoms with van der Waals surface area (Å²) in [6.45, 7) is 1.77. The summed E-state index contributed by atoms with van der Waals surface area (Å²) in [7, 11) is 2.76. The van der Waals surface area contributed by atoms with Crippen LogP contribution in [0.2, 0.25) is 0 Å². The van der Waals surface area contributed by atoms with Crippen molar-refractivity contribution in [3.05, 3.63) is 11.8 Å². The molecule has 0 spiro atoms. The van der Waals surface area contributed by atoms with E-state index in [1.807, 2.05) is 0 Å². The highest BCUT2D eigenvalue weighted by molar-refractivity contribution is 5.88. The van der Waals surface area contributed by atoms with Crippen LogP contribution in [-0.4, -0.2) is 20.2 Å². The molecule has 0 aliphatic rings. The fraction of sp³-hybridized carbons (Fsp3) is 0.375. The molecule has 11 heavy (non-hydrogen) atoms. The summed E-state index contributed by atoms with van der Waals surface area (Å²) in [5.74, 6) is 4.60. The molecule has 0 aliphatic carbocycles. The Morgan fingerprint density at radius 3 is 2.27 bits per heavy atom. The molecule has 0 saturated carbocycles. The molecule has 0 saturated heterocycles. The second kappa shape index (κ2) is 5.36. The summed E-state index contributed by atoms with van der Waals surface area (Å²) in [6, 6.07) is 0. The maximum atomic E-state index is 10.5. The lowest BCUT2D eigenvalue weighted by molar-refractivity contribution is -0.133. The fourth-order valence-corrected chi connectivity index (χ4v) is 0.405. The van der Waals surface area contributed by atoms with Gasteiger partial charge in [-0.1, -0.05) is 0 Å². The van der Waals surface area contributed by atoms with Crippen molar-refractivity contribution in [2.75, 3.05) is 14.2 Å². The normalized spacial score (nSPS) is 9.55. The summed E-state index contributed by atoms with van der Waals surface area (Å²) >= 11 is 0. The van der Waals surface area contributed by atoms with Crippen molar-refractivity contribution in [2.24, 2.45) is 0 Å². The lowest BCUT2D eigenvalue weighted by Gasteiger charge is -1.92. The van der Waals surface area contributed by atoms with Gasteiger partial charge in [-0.25, -0.2) is 4.79 Å². The number of ether oxygens (including phenoxy) is 2. The standard InChI is InChI=1S/C8H10O3/c1-4-7(10-2)5-6-8(9)11-3/h4H,1-3H3. The highest BCUT2D eigenvalue weighted by Crippen LogP contribution is 1.90. The molecule has 0 aromatic heterocycles. The molecule has 0 fully saturated rings. The number of allylic oxidation sites excluding steroid dienone is 2. The number of rotatable bonds is 1. The maximum absolute atomic E-state index is 10.5. The average molecular weight is 154 g/mol. The van der Waals surface area contributed by atoms with Crippen LogP contribution in [-0.2, 0) is 14.3 Å². The topological polar surface area (TPSA) is 35.5 Å². The zero-order valence-electron chi connectivity index (χ0n) is 6.80. The summed E-state index contributed by atoms with van der Waals surface area (Å²) in [6.07, 6.45) is 1.66. The second-order valence-electron chi connectivity index (χ2n) is 1.60. The van der Waals surface area contributed by atoms with E-state index in [0.717, 1.165) is 0 Å². The second-order valence-corrected chi connectivity index (χ2v) is 1.60. The third-order valence-electron chi connectivity index (χ3n) is 0.955. The van der Waals surface area contributed by atoms with Gasteiger partial charge in [0, 0.05) is 5.92 Å². The zero-order chi connectivity index (χ0) is 8.69. The van der Waals surface area contributed by atoms with E-state index in [2.05, 4.69) is 16.6 Å². The molecule has 3 heteroatoms. The van der Waals surface area contributed by atoms with Crippen LogP contribution in [0.5, 0.6) is 0 Å². The van der Waals surface area contributed by atoms with Gasteiger partial charge in [0.1, 0.15) is 0 Å². The van der Waals surface area contributed by atoms with E-state index in [-0.39, 0.29) is 0 Å². The van der Waals surface area contributed by atoms with Crippen molar-refractivity contribution in [1.29, 1.82) is 0 Å². The Kier molecular flexibility index (Phi) is 4.67. The Labute approximate surface area is 66.0 Å². The first-order chi connectivity index (χ1) is 5.24. The van der Waals surface area contributed by atoms with E-state index in [9.17, 15) is 4.79 Å². The van der Waals surface area contributed by atoms with Crippen LogP contribution >= 0.6 is 0 Å². The lowest BCUT2D eigenvalue weighted by atomic mass is 10.4. The number of methoxy groups -OCH3 is 2. The average Bonchev–Trinajstić information content (AvgIpc) is 2.06. The SMILES string of the molecule is CC=C(C#CC(=O)OC)OC. The van der Waals surface area contributed by atoms with E-state index in [1.54, 1.807) is 13.0 Å². The number of carbonyl (C=O) groups is 1. The first-order valence-corrected chi connectivity index (χ1v) is 3.04. The molecule has 0 bridgehead atoms. The minimum Gasteiger partial charge on any atom is -0.489 e. The molecular weight excluding hydrogens is 144 g/mol. The van der Waals surface area contributed by atoms with Crippen molar-refractivity contribution < 1.29 is 14.3 Å². The summed E-state index contributed by atoms with van der Waals surface area (Å²) in [4.78, 5) is 10.5. The van der Waals surface area contributed by atoms with Crippen LogP contribution in [0.4, 0.5) is 0 Å². The van der Waals surface area contributed by atoms with Crippen molar-refractivity contribution in [3.63, 3.8) is 0 Å². The quantitative estimate of drug-likeness (QED) is 0.241. The van der Waals surface area contributed by atoms with Crippen molar-refractivity contribution in [3.8, 4) is 11.8 Å². The predicted octanol–water partition coefficient (Wildman–Crippen LogP) is 0.713. The molecule has 0 amide bonds. The van der Waals surface area contributed by atoms with Crippen LogP contribution in [0.25, 0.3) is 0 Å². The zero-order valence-corrected chi connectivity index (χ0v) is 6.80. The van der Waals surface area contributed by atoms with Gasteiger partial charge in [-0.05, 0) is 18.9 Å². The van der Waals surface area contributed by atoms with Gasteiger partial charge in [-0.3, -0.25) is 0 Å². The van der Waals surface area contributed by atoms with Gasteiger partial charge in [0.05, 0.1) is 14.2 Å². The number of hydrogen-bond donors (Lipinski definition) is 0. The smallest absolute Gasteiger partial charge is 0.384 e. The molecule has 0 aliphatic heterocycles. The number of esters is 1. The molecule has 0 N–H and O–H groups in total. The minimum absolute atomic E-state index is 0.454. The fourth-order valence-electron chi connectivity index (χ4n) is 0.405. The molecule has 3 nitrogen and oxygen atoms in total. The van der Waals surface area contributed by atoms with E-state index in [4.69, 9.17) is 4.74 Å². The monoisotopic (exact) mass is 154 g/mol. The largest absolute Gasteiger partial charge is 0.489 e. The van der Waals surface area contributed by atoms with Gasteiger partial charge in [0.2, 0.25) is 0 Å². The van der Waals surface area contributed by atoms with Gasteiger partial charge in [0.15, 0.2) is 5.76 Å². The Bertz CT molecular complexity index is 217. The molecule has 0 unspecified atom stereocenters. The van der Waals surface area contributed by atoms with Crippen molar-refractivity contribution in [2.45, 2.75) is 6.92 Å². The molecule has 0 heterocycles. The first-order valence-electron chi connectivity index (χ1n) is 3.04. The maximum Gasteiger partial charge on any atom is 0.384 e. The van der Waals surface area contributed by atoms with Crippen molar-refractivity contribution >= 4 is 5.97 Å². The van der Waals surface area contributed by atoms with E-state index >= 15 is 0 Å². The third kappa shape index (κ3) is 4.04. The van der Waals surface area contributed by atoms with Crippen molar-refractivity contribution in [1.82, 2.24) is 0 Å². The predicted molar refractivity (Wildman–Crippen MR) is 40.6 cm³/mol. The molecule has 0 rings (SSSR count). The highest BCUT2D eigenvalue weighted by Gasteiger charge is 1.90. The summed E-state index contributed by atoms with van der Waals surface area (Å²) in [5, 5.41) is 0. The molecule has 0 radical (unpaired) electrons. The van der Waals surface area contributed by atoms with Gasteiger partial charge < -0.3 is 9.47 Å². The van der Waals surface area contributed by atoms with E-state index < -0.39 is 5.97 Å². The molecular formula is C8H10O3. The molecule has 60 valence electrons. The molecule has 0 atom stereocenters. The van der Waals surface area contributed by atoms with E-state index in [1.165, 1.54) is 14.2 Å². The van der Waals surface area contributed by atoms with E-state index in [0.29, 0.717) is 5.76 Å². The first kappa shape index (κ1) is 9.57. The highest BCUT2D eigenvalue weighted by atomic mass is 16.5. The molecule has 0 aromatic carbocycles. The molecule has 0 aromatic rings. The lowest BCUT2D eigenvalue weighted by Crippen LogP contribution is -1.95. The van der Waals surface area contributed by atoms with Crippen LogP contribution in [0.15, 0.2) is 11.8 Å². The number of carbonyl (C=O) groups excluding carboxylic acids is 1. The van der Waals surface area contributed by atoms with Gasteiger partial charge in [-0.15, -0.1) is 0 Å².